The zero-order chi connectivity index (χ0) is 20.1. The molecule has 152 valence electrons. The Morgan fingerprint density at radius 1 is 1.36 bits per heavy atom. The summed E-state index contributed by atoms with van der Waals surface area (Å²) < 4.78 is 2.20. The molecule has 0 spiro atoms. The molecule has 2 atom stereocenters. The SMILES string of the molecule is C#SN1CCC(Nc2ncc(/C=C(/C)C=C)c(N(C)C3CCCC3C)n2)CC1. The first-order chi connectivity index (χ1) is 13.5. The summed E-state index contributed by atoms with van der Waals surface area (Å²) >= 11 is 1.34. The quantitative estimate of drug-likeness (QED) is 0.550. The highest BCUT2D eigenvalue weighted by atomic mass is 32.1. The van der Waals surface area contributed by atoms with Gasteiger partial charge in [-0.15, -0.1) is 0 Å². The minimum atomic E-state index is 0.392. The second kappa shape index (κ2) is 9.55. The van der Waals surface area contributed by atoms with E-state index >= 15 is 0 Å². The fourth-order valence-corrected chi connectivity index (χ4v) is 4.71. The lowest BCUT2D eigenvalue weighted by molar-refractivity contribution is 0.360. The van der Waals surface area contributed by atoms with E-state index in [1.165, 1.54) is 30.6 Å². The third-order valence-corrected chi connectivity index (χ3v) is 6.75. The predicted molar refractivity (Wildman–Crippen MR) is 122 cm³/mol. The molecule has 1 aliphatic carbocycles. The van der Waals surface area contributed by atoms with Crippen molar-refractivity contribution in [2.45, 2.75) is 58.0 Å². The fraction of sp³-hybridized carbons (Fsp3) is 0.591. The van der Waals surface area contributed by atoms with Crippen LogP contribution in [-0.4, -0.2) is 46.5 Å². The average molecular weight is 400 g/mol. The number of allylic oxidation sites excluding steroid dienone is 2. The number of piperidine rings is 1. The monoisotopic (exact) mass is 399 g/mol. The van der Waals surface area contributed by atoms with Gasteiger partial charge in [0.2, 0.25) is 5.95 Å². The highest BCUT2D eigenvalue weighted by molar-refractivity contribution is 7.85. The van der Waals surface area contributed by atoms with Crippen molar-refractivity contribution in [2.75, 3.05) is 30.4 Å². The maximum absolute atomic E-state index is 5.67. The van der Waals surface area contributed by atoms with E-state index < -0.39 is 0 Å². The Kier molecular flexibility index (Phi) is 7.11. The van der Waals surface area contributed by atoms with Crippen LogP contribution in [0.2, 0.25) is 0 Å². The first kappa shape index (κ1) is 20.8. The van der Waals surface area contributed by atoms with Gasteiger partial charge in [0.1, 0.15) is 5.82 Å². The highest BCUT2D eigenvalue weighted by Gasteiger charge is 2.29. The molecule has 2 unspecified atom stereocenters. The number of nitrogens with one attached hydrogen (secondary N) is 1. The number of hydrogen-bond acceptors (Lipinski definition) is 5. The van der Waals surface area contributed by atoms with E-state index in [1.807, 2.05) is 12.3 Å². The van der Waals surface area contributed by atoms with Gasteiger partial charge in [0, 0.05) is 44.0 Å². The molecule has 5 nitrogen and oxygen atoms in total. The number of rotatable bonds is 6. The summed E-state index contributed by atoms with van der Waals surface area (Å²) in [6.45, 7) is 10.3. The molecule has 0 aromatic carbocycles. The molecule has 1 aliphatic heterocycles. The molecule has 1 aromatic rings. The van der Waals surface area contributed by atoms with Crippen molar-refractivity contribution in [2.24, 2.45) is 5.92 Å². The topological polar surface area (TPSA) is 44.3 Å². The van der Waals surface area contributed by atoms with Gasteiger partial charge in [-0.2, -0.15) is 4.98 Å². The Balaban J connectivity index is 1.83. The molecule has 1 aromatic heterocycles. The molecule has 1 saturated heterocycles. The average Bonchev–Trinajstić information content (AvgIpc) is 3.15. The van der Waals surface area contributed by atoms with E-state index in [9.17, 15) is 0 Å². The van der Waals surface area contributed by atoms with Crippen LogP contribution in [0.3, 0.4) is 0 Å². The lowest BCUT2D eigenvalue weighted by Crippen LogP contribution is -2.36. The summed E-state index contributed by atoms with van der Waals surface area (Å²) in [5.74, 6) is 2.42. The zero-order valence-electron chi connectivity index (χ0n) is 17.4. The van der Waals surface area contributed by atoms with Crippen LogP contribution >= 0.6 is 11.4 Å². The molecular formula is C22H33N5S. The largest absolute Gasteiger partial charge is 0.356 e. The summed E-state index contributed by atoms with van der Waals surface area (Å²) in [4.78, 5) is 11.9. The standard InChI is InChI=1S/C22H33N5S/c1-6-16(2)14-18-15-23-22(24-19-10-12-27(28-5)13-11-19)25-21(18)26(4)20-9-7-8-17(20)3/h5-6,14-15,17,19-20H,1,7-13H2,2-4H3,(H,23,24,25)/b16-14-. The molecule has 1 saturated carbocycles. The summed E-state index contributed by atoms with van der Waals surface area (Å²) in [7, 11) is 2.18. The van der Waals surface area contributed by atoms with Gasteiger partial charge in [0.25, 0.3) is 0 Å². The van der Waals surface area contributed by atoms with Gasteiger partial charge < -0.3 is 10.2 Å². The van der Waals surface area contributed by atoms with Crippen molar-refractivity contribution in [3.63, 3.8) is 0 Å². The Bertz CT molecular complexity index is 761. The molecule has 0 bridgehead atoms. The molecule has 2 fully saturated rings. The summed E-state index contributed by atoms with van der Waals surface area (Å²) in [6, 6.07) is 0.923. The van der Waals surface area contributed by atoms with E-state index in [-0.39, 0.29) is 0 Å². The summed E-state index contributed by atoms with van der Waals surface area (Å²) in [5.41, 5.74) is 7.84. The van der Waals surface area contributed by atoms with Gasteiger partial charge in [-0.05, 0) is 44.6 Å². The Morgan fingerprint density at radius 3 is 2.71 bits per heavy atom. The minimum absolute atomic E-state index is 0.392. The van der Waals surface area contributed by atoms with Gasteiger partial charge in [-0.1, -0.05) is 48.6 Å². The van der Waals surface area contributed by atoms with Gasteiger partial charge in [0.05, 0.1) is 0 Å². The molecule has 0 radical (unpaired) electrons. The lowest BCUT2D eigenvalue weighted by Gasteiger charge is -2.31. The smallest absolute Gasteiger partial charge is 0.224 e. The van der Waals surface area contributed by atoms with Gasteiger partial charge >= 0.3 is 0 Å². The van der Waals surface area contributed by atoms with Crippen LogP contribution in [-0.2, 0) is 0 Å². The molecule has 2 aliphatic rings. The van der Waals surface area contributed by atoms with Crippen molar-refractivity contribution < 1.29 is 0 Å². The van der Waals surface area contributed by atoms with Crippen LogP contribution < -0.4 is 10.2 Å². The minimum Gasteiger partial charge on any atom is -0.356 e. The Morgan fingerprint density at radius 2 is 2.11 bits per heavy atom. The van der Waals surface area contributed by atoms with E-state index in [0.717, 1.165) is 48.8 Å². The molecule has 3 rings (SSSR count). The fourth-order valence-electron chi connectivity index (χ4n) is 4.29. The van der Waals surface area contributed by atoms with Gasteiger partial charge in [-0.25, -0.2) is 9.29 Å². The molecule has 1 N–H and O–H groups in total. The normalized spacial score (nSPS) is 24.1. The third-order valence-electron chi connectivity index (χ3n) is 6.09. The van der Waals surface area contributed by atoms with Crippen LogP contribution in [0.15, 0.2) is 24.4 Å². The lowest BCUT2D eigenvalue weighted by atomic mass is 10.0. The first-order valence-electron chi connectivity index (χ1n) is 10.3. The molecule has 28 heavy (non-hydrogen) atoms. The maximum atomic E-state index is 5.67. The zero-order valence-corrected chi connectivity index (χ0v) is 18.2. The van der Waals surface area contributed by atoms with Crippen LogP contribution in [0.25, 0.3) is 6.08 Å². The molecule has 0 amide bonds. The molecule has 6 heteroatoms. The maximum Gasteiger partial charge on any atom is 0.224 e. The van der Waals surface area contributed by atoms with E-state index in [2.05, 4.69) is 53.1 Å². The molecule has 2 heterocycles. The van der Waals surface area contributed by atoms with E-state index in [4.69, 9.17) is 10.7 Å². The second-order valence-electron chi connectivity index (χ2n) is 8.10. The van der Waals surface area contributed by atoms with Crippen molar-refractivity contribution >= 4 is 29.2 Å². The van der Waals surface area contributed by atoms with Crippen LogP contribution in [0.1, 0.15) is 51.5 Å². The summed E-state index contributed by atoms with van der Waals surface area (Å²) in [5, 5.41) is 3.55. The van der Waals surface area contributed by atoms with Crippen molar-refractivity contribution in [1.82, 2.24) is 14.3 Å². The number of aromatic nitrogens is 2. The first-order valence-corrected chi connectivity index (χ1v) is 11.1. The Labute approximate surface area is 173 Å². The van der Waals surface area contributed by atoms with Crippen molar-refractivity contribution in [3.05, 3.63) is 30.0 Å². The highest BCUT2D eigenvalue weighted by Crippen LogP contribution is 2.33. The Hall–Kier alpha value is -1.88. The van der Waals surface area contributed by atoms with E-state index in [1.54, 1.807) is 0 Å². The van der Waals surface area contributed by atoms with Crippen molar-refractivity contribution in [3.8, 4) is 5.69 Å². The predicted octanol–water partition coefficient (Wildman–Crippen LogP) is 4.80. The summed E-state index contributed by atoms with van der Waals surface area (Å²) in [6.07, 6.45) is 11.9. The number of hydrogen-bond donors (Lipinski definition) is 1. The van der Waals surface area contributed by atoms with Crippen LogP contribution in [0.4, 0.5) is 11.8 Å². The molecular weight excluding hydrogens is 366 g/mol. The number of anilines is 2. The van der Waals surface area contributed by atoms with Crippen molar-refractivity contribution in [1.29, 1.82) is 0 Å². The number of nitrogens with zero attached hydrogens (tertiary/aromatic N) is 4. The van der Waals surface area contributed by atoms with E-state index in [0.29, 0.717) is 18.0 Å². The van der Waals surface area contributed by atoms with Crippen LogP contribution in [0.5, 0.6) is 0 Å². The second-order valence-corrected chi connectivity index (χ2v) is 8.83. The van der Waals surface area contributed by atoms with Crippen LogP contribution in [0, 0.1) is 11.6 Å². The van der Waals surface area contributed by atoms with Gasteiger partial charge in [-0.3, -0.25) is 0 Å². The van der Waals surface area contributed by atoms with Gasteiger partial charge in [0.15, 0.2) is 0 Å². The third kappa shape index (κ3) is 4.93.